The number of rotatable bonds is 6. The van der Waals surface area contributed by atoms with E-state index < -0.39 is 17.7 Å². The molecule has 0 radical (unpaired) electrons. The Labute approximate surface area is 137 Å². The standard InChI is InChI=1S/C17H16FNO3S/c1-12(15-7-4-10-23-15)19-16(20)11-22-17(21)9-8-13-5-2-3-6-14(13)18/h2-10,12H,11H2,1H3,(H,19,20)/b9-8+/t12-/m1/s1. The van der Waals surface area contributed by atoms with E-state index in [1.165, 1.54) is 29.5 Å². The van der Waals surface area contributed by atoms with Gasteiger partial charge in [0, 0.05) is 16.5 Å². The Morgan fingerprint density at radius 3 is 2.78 bits per heavy atom. The molecule has 1 aromatic heterocycles. The van der Waals surface area contributed by atoms with Gasteiger partial charge in [0.25, 0.3) is 5.91 Å². The van der Waals surface area contributed by atoms with Crippen LogP contribution in [0.25, 0.3) is 6.08 Å². The molecular weight excluding hydrogens is 317 g/mol. The van der Waals surface area contributed by atoms with Gasteiger partial charge in [-0.2, -0.15) is 0 Å². The number of amides is 1. The SMILES string of the molecule is C[C@@H](NC(=O)COC(=O)/C=C/c1ccccc1F)c1cccs1. The van der Waals surface area contributed by atoms with Gasteiger partial charge in [-0.05, 0) is 30.5 Å². The minimum absolute atomic E-state index is 0.143. The van der Waals surface area contributed by atoms with Crippen LogP contribution in [0.5, 0.6) is 0 Å². The first-order chi connectivity index (χ1) is 11.1. The molecule has 1 aromatic carbocycles. The van der Waals surface area contributed by atoms with Crippen LogP contribution in [0.4, 0.5) is 4.39 Å². The second kappa shape index (κ2) is 8.24. The predicted molar refractivity (Wildman–Crippen MR) is 87.3 cm³/mol. The third kappa shape index (κ3) is 5.34. The van der Waals surface area contributed by atoms with Crippen molar-refractivity contribution in [1.29, 1.82) is 0 Å². The van der Waals surface area contributed by atoms with Gasteiger partial charge in [0.2, 0.25) is 0 Å². The summed E-state index contributed by atoms with van der Waals surface area (Å²) >= 11 is 1.54. The summed E-state index contributed by atoms with van der Waals surface area (Å²) in [6.45, 7) is 1.47. The van der Waals surface area contributed by atoms with E-state index in [-0.39, 0.29) is 18.2 Å². The number of carbonyl (C=O) groups excluding carboxylic acids is 2. The van der Waals surface area contributed by atoms with Crippen molar-refractivity contribution < 1.29 is 18.7 Å². The first-order valence-electron chi connectivity index (χ1n) is 6.98. The minimum atomic E-state index is -0.702. The van der Waals surface area contributed by atoms with E-state index in [1.54, 1.807) is 12.1 Å². The molecule has 0 aliphatic carbocycles. The van der Waals surface area contributed by atoms with Crippen LogP contribution in [0.15, 0.2) is 47.9 Å². The average Bonchev–Trinajstić information content (AvgIpc) is 3.06. The molecule has 6 heteroatoms. The van der Waals surface area contributed by atoms with E-state index in [1.807, 2.05) is 24.4 Å². The van der Waals surface area contributed by atoms with E-state index in [0.717, 1.165) is 11.0 Å². The maximum Gasteiger partial charge on any atom is 0.331 e. The molecule has 0 fully saturated rings. The summed E-state index contributed by atoms with van der Waals surface area (Å²) < 4.78 is 18.2. The summed E-state index contributed by atoms with van der Waals surface area (Å²) in [4.78, 5) is 24.3. The van der Waals surface area contributed by atoms with Crippen molar-refractivity contribution in [2.75, 3.05) is 6.61 Å². The van der Waals surface area contributed by atoms with Gasteiger partial charge in [-0.3, -0.25) is 4.79 Å². The van der Waals surface area contributed by atoms with Crippen LogP contribution in [0.3, 0.4) is 0 Å². The van der Waals surface area contributed by atoms with E-state index in [4.69, 9.17) is 4.74 Å². The van der Waals surface area contributed by atoms with Gasteiger partial charge >= 0.3 is 5.97 Å². The molecule has 4 nitrogen and oxygen atoms in total. The Balaban J connectivity index is 1.78. The van der Waals surface area contributed by atoms with Gasteiger partial charge in [0.15, 0.2) is 6.61 Å². The van der Waals surface area contributed by atoms with Crippen LogP contribution >= 0.6 is 11.3 Å². The zero-order chi connectivity index (χ0) is 16.7. The van der Waals surface area contributed by atoms with E-state index in [2.05, 4.69) is 5.32 Å². The second-order valence-corrected chi connectivity index (χ2v) is 5.75. The highest BCUT2D eigenvalue weighted by Gasteiger charge is 2.11. The van der Waals surface area contributed by atoms with Crippen molar-refractivity contribution in [3.63, 3.8) is 0 Å². The van der Waals surface area contributed by atoms with E-state index in [9.17, 15) is 14.0 Å². The van der Waals surface area contributed by atoms with Crippen LogP contribution in [0.1, 0.15) is 23.4 Å². The highest BCUT2D eigenvalue weighted by molar-refractivity contribution is 7.10. The summed E-state index contributed by atoms with van der Waals surface area (Å²) in [6.07, 6.45) is 2.40. The molecule has 0 bridgehead atoms. The van der Waals surface area contributed by atoms with Crippen molar-refractivity contribution in [2.24, 2.45) is 0 Å². The number of esters is 1. The third-order valence-corrected chi connectivity index (χ3v) is 4.05. The van der Waals surface area contributed by atoms with Gasteiger partial charge in [0.1, 0.15) is 5.82 Å². The summed E-state index contributed by atoms with van der Waals surface area (Å²) in [5.74, 6) is -1.52. The lowest BCUT2D eigenvalue weighted by molar-refractivity contribution is -0.144. The van der Waals surface area contributed by atoms with Gasteiger partial charge in [-0.1, -0.05) is 24.3 Å². The molecule has 0 aliphatic heterocycles. The average molecular weight is 333 g/mol. The molecule has 0 saturated heterocycles. The molecule has 23 heavy (non-hydrogen) atoms. The molecule has 0 aliphatic rings. The van der Waals surface area contributed by atoms with Gasteiger partial charge in [-0.15, -0.1) is 11.3 Å². The van der Waals surface area contributed by atoms with Gasteiger partial charge in [-0.25, -0.2) is 9.18 Å². The Morgan fingerprint density at radius 1 is 1.30 bits per heavy atom. The summed E-state index contributed by atoms with van der Waals surface area (Å²) in [5, 5.41) is 4.65. The fraction of sp³-hybridized carbons (Fsp3) is 0.176. The fourth-order valence-corrected chi connectivity index (χ4v) is 2.58. The Kier molecular flexibility index (Phi) is 6.05. The van der Waals surface area contributed by atoms with E-state index in [0.29, 0.717) is 0 Å². The highest BCUT2D eigenvalue weighted by Crippen LogP contribution is 2.17. The third-order valence-electron chi connectivity index (χ3n) is 3.00. The van der Waals surface area contributed by atoms with Crippen molar-refractivity contribution >= 4 is 29.3 Å². The molecule has 1 atom stereocenters. The predicted octanol–water partition coefficient (Wildman–Crippen LogP) is 3.32. The number of hydrogen-bond acceptors (Lipinski definition) is 4. The Bertz CT molecular complexity index is 698. The van der Waals surface area contributed by atoms with Crippen molar-refractivity contribution in [3.8, 4) is 0 Å². The highest BCUT2D eigenvalue weighted by atomic mass is 32.1. The van der Waals surface area contributed by atoms with Crippen molar-refractivity contribution in [3.05, 3.63) is 64.1 Å². The van der Waals surface area contributed by atoms with Crippen molar-refractivity contribution in [1.82, 2.24) is 5.32 Å². The number of nitrogens with one attached hydrogen (secondary N) is 1. The number of halogens is 1. The van der Waals surface area contributed by atoms with Crippen LogP contribution in [-0.2, 0) is 14.3 Å². The lowest BCUT2D eigenvalue weighted by Crippen LogP contribution is -2.30. The molecule has 1 heterocycles. The molecule has 0 unspecified atom stereocenters. The Hall–Kier alpha value is -2.47. The first-order valence-corrected chi connectivity index (χ1v) is 7.86. The minimum Gasteiger partial charge on any atom is -0.452 e. The first kappa shape index (κ1) is 16.9. The van der Waals surface area contributed by atoms with Gasteiger partial charge < -0.3 is 10.1 Å². The second-order valence-electron chi connectivity index (χ2n) is 4.77. The number of ether oxygens (including phenoxy) is 1. The number of hydrogen-bond donors (Lipinski definition) is 1. The van der Waals surface area contributed by atoms with E-state index >= 15 is 0 Å². The van der Waals surface area contributed by atoms with Crippen LogP contribution in [0, 0.1) is 5.82 Å². The Morgan fingerprint density at radius 2 is 2.09 bits per heavy atom. The molecule has 0 saturated carbocycles. The van der Waals surface area contributed by atoms with Crippen LogP contribution in [0.2, 0.25) is 0 Å². The lowest BCUT2D eigenvalue weighted by Gasteiger charge is -2.11. The lowest BCUT2D eigenvalue weighted by atomic mass is 10.2. The zero-order valence-electron chi connectivity index (χ0n) is 12.5. The van der Waals surface area contributed by atoms with Crippen LogP contribution in [-0.4, -0.2) is 18.5 Å². The maximum atomic E-state index is 13.4. The zero-order valence-corrected chi connectivity index (χ0v) is 13.3. The molecular formula is C17H16FNO3S. The monoisotopic (exact) mass is 333 g/mol. The molecule has 2 aromatic rings. The summed E-state index contributed by atoms with van der Waals surface area (Å²) in [7, 11) is 0. The number of thiophene rings is 1. The largest absolute Gasteiger partial charge is 0.452 e. The van der Waals surface area contributed by atoms with Crippen molar-refractivity contribution in [2.45, 2.75) is 13.0 Å². The summed E-state index contributed by atoms with van der Waals surface area (Å²) in [6, 6.07) is 9.72. The van der Waals surface area contributed by atoms with Gasteiger partial charge in [0.05, 0.1) is 6.04 Å². The normalized spacial score (nSPS) is 12.1. The number of benzene rings is 1. The smallest absolute Gasteiger partial charge is 0.331 e. The number of carbonyl (C=O) groups is 2. The summed E-state index contributed by atoms with van der Waals surface area (Å²) in [5.41, 5.74) is 0.278. The molecule has 1 amide bonds. The molecule has 1 N–H and O–H groups in total. The maximum absolute atomic E-state index is 13.4. The molecule has 0 spiro atoms. The fourth-order valence-electron chi connectivity index (χ4n) is 1.84. The quantitative estimate of drug-likeness (QED) is 0.652. The molecule has 2 rings (SSSR count). The topological polar surface area (TPSA) is 55.4 Å². The molecule has 120 valence electrons. The van der Waals surface area contributed by atoms with Crippen LogP contribution < -0.4 is 5.32 Å².